The molecule has 0 spiro atoms. The standard InChI is InChI=1S/C16H21N3O/c1-13-10-19(14(2)8-9-17)16(18-13)12-20-11-15-6-4-3-5-7-15/h3-7,10H,2,8-9,11-12,17H2,1H3. The molecule has 1 aromatic heterocycles. The Bertz CT molecular complexity index is 560. The van der Waals surface area contributed by atoms with Gasteiger partial charge in [0, 0.05) is 11.9 Å². The molecular formula is C16H21N3O. The van der Waals surface area contributed by atoms with E-state index in [-0.39, 0.29) is 0 Å². The van der Waals surface area contributed by atoms with E-state index in [1.807, 2.05) is 48.0 Å². The lowest BCUT2D eigenvalue weighted by atomic mass is 10.2. The first-order valence-electron chi connectivity index (χ1n) is 6.75. The second-order valence-electron chi connectivity index (χ2n) is 4.75. The summed E-state index contributed by atoms with van der Waals surface area (Å²) in [7, 11) is 0. The minimum atomic E-state index is 0.465. The third-order valence-electron chi connectivity index (χ3n) is 3.02. The van der Waals surface area contributed by atoms with E-state index in [0.29, 0.717) is 19.8 Å². The molecule has 106 valence electrons. The molecule has 0 saturated carbocycles. The smallest absolute Gasteiger partial charge is 0.139 e. The van der Waals surface area contributed by atoms with Crippen molar-refractivity contribution in [3.05, 3.63) is 60.2 Å². The fourth-order valence-electron chi connectivity index (χ4n) is 2.04. The summed E-state index contributed by atoms with van der Waals surface area (Å²) in [5, 5.41) is 0. The number of nitrogens with two attached hydrogens (primary N) is 1. The second-order valence-corrected chi connectivity index (χ2v) is 4.75. The highest BCUT2D eigenvalue weighted by Gasteiger charge is 2.08. The van der Waals surface area contributed by atoms with E-state index >= 15 is 0 Å². The van der Waals surface area contributed by atoms with Crippen molar-refractivity contribution in [2.75, 3.05) is 6.54 Å². The van der Waals surface area contributed by atoms with Gasteiger partial charge >= 0.3 is 0 Å². The van der Waals surface area contributed by atoms with E-state index in [2.05, 4.69) is 11.6 Å². The van der Waals surface area contributed by atoms with Crippen molar-refractivity contribution in [1.29, 1.82) is 0 Å². The summed E-state index contributed by atoms with van der Waals surface area (Å²) in [4.78, 5) is 4.48. The Hall–Kier alpha value is -1.91. The van der Waals surface area contributed by atoms with E-state index < -0.39 is 0 Å². The van der Waals surface area contributed by atoms with Gasteiger partial charge in [0.25, 0.3) is 0 Å². The Balaban J connectivity index is 1.97. The number of benzene rings is 1. The first-order valence-corrected chi connectivity index (χ1v) is 6.75. The van der Waals surface area contributed by atoms with Crippen molar-refractivity contribution in [2.45, 2.75) is 26.6 Å². The summed E-state index contributed by atoms with van der Waals surface area (Å²) in [5.74, 6) is 0.872. The predicted molar refractivity (Wildman–Crippen MR) is 80.9 cm³/mol. The van der Waals surface area contributed by atoms with Crippen LogP contribution >= 0.6 is 0 Å². The van der Waals surface area contributed by atoms with Crippen LogP contribution in [0, 0.1) is 6.92 Å². The number of nitrogens with zero attached hydrogens (tertiary/aromatic N) is 2. The highest BCUT2D eigenvalue weighted by Crippen LogP contribution is 2.13. The van der Waals surface area contributed by atoms with Crippen LogP contribution in [0.25, 0.3) is 5.70 Å². The van der Waals surface area contributed by atoms with Crippen LogP contribution < -0.4 is 5.73 Å². The zero-order valence-electron chi connectivity index (χ0n) is 11.9. The summed E-state index contributed by atoms with van der Waals surface area (Å²) in [6, 6.07) is 10.1. The summed E-state index contributed by atoms with van der Waals surface area (Å²) >= 11 is 0. The maximum atomic E-state index is 5.73. The SMILES string of the molecule is C=C(CCN)n1cc(C)nc1COCc1ccccc1. The molecule has 0 fully saturated rings. The third-order valence-corrected chi connectivity index (χ3v) is 3.02. The maximum absolute atomic E-state index is 5.73. The monoisotopic (exact) mass is 271 g/mol. The molecular weight excluding hydrogens is 250 g/mol. The van der Waals surface area contributed by atoms with Gasteiger partial charge in [-0.2, -0.15) is 0 Å². The highest BCUT2D eigenvalue weighted by atomic mass is 16.5. The molecule has 0 bridgehead atoms. The average molecular weight is 271 g/mol. The molecule has 0 aliphatic rings. The van der Waals surface area contributed by atoms with Gasteiger partial charge in [-0.1, -0.05) is 36.9 Å². The molecule has 2 N–H and O–H groups in total. The molecule has 20 heavy (non-hydrogen) atoms. The number of ether oxygens (including phenoxy) is 1. The van der Waals surface area contributed by atoms with E-state index in [9.17, 15) is 0 Å². The van der Waals surface area contributed by atoms with Crippen molar-refractivity contribution in [1.82, 2.24) is 9.55 Å². The van der Waals surface area contributed by atoms with Crippen molar-refractivity contribution in [3.8, 4) is 0 Å². The molecule has 2 aromatic rings. The normalized spacial score (nSPS) is 10.7. The summed E-state index contributed by atoms with van der Waals surface area (Å²) in [5.41, 5.74) is 8.64. The van der Waals surface area contributed by atoms with Gasteiger partial charge in [-0.25, -0.2) is 4.98 Å². The zero-order chi connectivity index (χ0) is 14.4. The van der Waals surface area contributed by atoms with Crippen LogP contribution in [0.5, 0.6) is 0 Å². The van der Waals surface area contributed by atoms with Gasteiger partial charge < -0.3 is 15.0 Å². The quantitative estimate of drug-likeness (QED) is 0.842. The van der Waals surface area contributed by atoms with Crippen LogP contribution in [0.2, 0.25) is 0 Å². The number of imidazole rings is 1. The lowest BCUT2D eigenvalue weighted by Crippen LogP contribution is -2.08. The minimum absolute atomic E-state index is 0.465. The van der Waals surface area contributed by atoms with Crippen LogP contribution in [0.4, 0.5) is 0 Å². The molecule has 0 radical (unpaired) electrons. The van der Waals surface area contributed by atoms with Crippen LogP contribution in [0.15, 0.2) is 43.1 Å². The van der Waals surface area contributed by atoms with Crippen LogP contribution in [0.3, 0.4) is 0 Å². The predicted octanol–water partition coefficient (Wildman–Crippen LogP) is 2.73. The maximum Gasteiger partial charge on any atom is 0.139 e. The van der Waals surface area contributed by atoms with Gasteiger partial charge in [0.15, 0.2) is 0 Å². The van der Waals surface area contributed by atoms with Crippen molar-refractivity contribution >= 4 is 5.70 Å². The number of hydrogen-bond donors (Lipinski definition) is 1. The molecule has 0 aliphatic carbocycles. The first kappa shape index (κ1) is 14.5. The Labute approximate surface area is 119 Å². The summed E-state index contributed by atoms with van der Waals surface area (Å²) < 4.78 is 7.71. The molecule has 2 rings (SSSR count). The molecule has 1 aromatic carbocycles. The second kappa shape index (κ2) is 7.03. The summed E-state index contributed by atoms with van der Waals surface area (Å²) in [6.07, 6.45) is 2.72. The van der Waals surface area contributed by atoms with E-state index in [0.717, 1.165) is 29.2 Å². The van der Waals surface area contributed by atoms with Gasteiger partial charge in [-0.05, 0) is 25.5 Å². The molecule has 0 unspecified atom stereocenters. The van der Waals surface area contributed by atoms with Gasteiger partial charge in [0.2, 0.25) is 0 Å². The van der Waals surface area contributed by atoms with Crippen LogP contribution in [-0.4, -0.2) is 16.1 Å². The third kappa shape index (κ3) is 3.79. The Morgan fingerprint density at radius 2 is 2.05 bits per heavy atom. The van der Waals surface area contributed by atoms with E-state index in [1.54, 1.807) is 0 Å². The van der Waals surface area contributed by atoms with Crippen LogP contribution in [-0.2, 0) is 18.0 Å². The van der Waals surface area contributed by atoms with Crippen molar-refractivity contribution in [3.63, 3.8) is 0 Å². The largest absolute Gasteiger partial charge is 0.369 e. The Morgan fingerprint density at radius 3 is 2.75 bits per heavy atom. The fourth-order valence-corrected chi connectivity index (χ4v) is 2.04. The number of aryl methyl sites for hydroxylation is 1. The summed E-state index contributed by atoms with van der Waals surface area (Å²) in [6.45, 7) is 7.64. The van der Waals surface area contributed by atoms with Gasteiger partial charge in [0.05, 0.1) is 12.3 Å². The van der Waals surface area contributed by atoms with Crippen LogP contribution in [0.1, 0.15) is 23.5 Å². The molecule has 0 amide bonds. The Morgan fingerprint density at radius 1 is 1.30 bits per heavy atom. The Kier molecular flexibility index (Phi) is 5.09. The van der Waals surface area contributed by atoms with Crippen molar-refractivity contribution < 1.29 is 4.74 Å². The molecule has 1 heterocycles. The fraction of sp³-hybridized carbons (Fsp3) is 0.312. The van der Waals surface area contributed by atoms with E-state index in [1.165, 1.54) is 0 Å². The lowest BCUT2D eigenvalue weighted by Gasteiger charge is -2.10. The minimum Gasteiger partial charge on any atom is -0.369 e. The zero-order valence-corrected chi connectivity index (χ0v) is 11.9. The van der Waals surface area contributed by atoms with Gasteiger partial charge in [0.1, 0.15) is 12.4 Å². The topological polar surface area (TPSA) is 53.1 Å². The van der Waals surface area contributed by atoms with Crippen molar-refractivity contribution in [2.24, 2.45) is 5.73 Å². The first-order chi connectivity index (χ1) is 9.70. The number of hydrogen-bond acceptors (Lipinski definition) is 3. The molecule has 4 nitrogen and oxygen atoms in total. The highest BCUT2D eigenvalue weighted by molar-refractivity contribution is 5.43. The average Bonchev–Trinajstić information content (AvgIpc) is 2.81. The molecule has 0 saturated heterocycles. The number of rotatable bonds is 7. The molecule has 0 aliphatic heterocycles. The lowest BCUT2D eigenvalue weighted by molar-refractivity contribution is 0.101. The molecule has 0 atom stereocenters. The number of aromatic nitrogens is 2. The van der Waals surface area contributed by atoms with Gasteiger partial charge in [-0.3, -0.25) is 0 Å². The van der Waals surface area contributed by atoms with Gasteiger partial charge in [-0.15, -0.1) is 0 Å². The molecule has 4 heteroatoms. The van der Waals surface area contributed by atoms with E-state index in [4.69, 9.17) is 10.5 Å².